The molecule has 3 heterocycles. The fraction of sp³-hybridized carbons (Fsp3) is 0.842. The Bertz CT molecular complexity index is 535. The lowest BCUT2D eigenvalue weighted by Gasteiger charge is -2.49. The number of hydrogen-bond acceptors (Lipinski definition) is 5. The van der Waals surface area contributed by atoms with Gasteiger partial charge in [-0.15, -0.1) is 11.3 Å². The fourth-order valence-electron chi connectivity index (χ4n) is 4.25. The van der Waals surface area contributed by atoms with Crippen molar-refractivity contribution in [1.82, 2.24) is 9.88 Å². The molecule has 1 aromatic heterocycles. The van der Waals surface area contributed by atoms with Gasteiger partial charge in [0.1, 0.15) is 5.01 Å². The molecule has 1 atom stereocenters. The first-order valence-electron chi connectivity index (χ1n) is 9.52. The van der Waals surface area contributed by atoms with Crippen LogP contribution in [-0.2, 0) is 16.0 Å². The first-order chi connectivity index (χ1) is 11.7. The molecule has 4 nitrogen and oxygen atoms in total. The summed E-state index contributed by atoms with van der Waals surface area (Å²) in [6.07, 6.45) is 6.54. The minimum atomic E-state index is 0.455. The Balaban J connectivity index is 1.30. The van der Waals surface area contributed by atoms with Crippen molar-refractivity contribution in [2.45, 2.75) is 45.6 Å². The summed E-state index contributed by atoms with van der Waals surface area (Å²) in [5.74, 6) is 1.45. The van der Waals surface area contributed by atoms with E-state index in [1.54, 1.807) is 11.3 Å². The van der Waals surface area contributed by atoms with Crippen LogP contribution in [-0.4, -0.2) is 49.4 Å². The molecule has 1 aromatic rings. The number of aromatic nitrogens is 1. The van der Waals surface area contributed by atoms with Crippen LogP contribution in [0.4, 0.5) is 0 Å². The maximum atomic E-state index is 6.05. The van der Waals surface area contributed by atoms with Gasteiger partial charge in [0.05, 0.1) is 19.8 Å². The summed E-state index contributed by atoms with van der Waals surface area (Å²) >= 11 is 1.80. The maximum Gasteiger partial charge on any atom is 0.107 e. The second kappa shape index (κ2) is 7.40. The second-order valence-corrected chi connectivity index (χ2v) is 8.97. The minimum Gasteiger partial charge on any atom is -0.381 e. The van der Waals surface area contributed by atoms with Crippen LogP contribution in [0, 0.1) is 24.2 Å². The van der Waals surface area contributed by atoms with E-state index in [2.05, 4.69) is 22.2 Å². The number of thiazole rings is 1. The van der Waals surface area contributed by atoms with Crippen molar-refractivity contribution in [3.8, 4) is 0 Å². The van der Waals surface area contributed by atoms with Crippen molar-refractivity contribution in [3.05, 3.63) is 16.1 Å². The number of likely N-dealkylation sites (tertiary alicyclic amines) is 1. The lowest BCUT2D eigenvalue weighted by Crippen LogP contribution is -2.49. The SMILES string of the molecule is Cc1csc(CN2CCC3(CCOC[C@H]3COCC3CC3)CC2)n1. The highest BCUT2D eigenvalue weighted by molar-refractivity contribution is 7.09. The van der Waals surface area contributed by atoms with Crippen LogP contribution < -0.4 is 0 Å². The van der Waals surface area contributed by atoms with Crippen molar-refractivity contribution in [3.63, 3.8) is 0 Å². The Labute approximate surface area is 149 Å². The third kappa shape index (κ3) is 4.01. The van der Waals surface area contributed by atoms with Crippen LogP contribution >= 0.6 is 11.3 Å². The molecule has 24 heavy (non-hydrogen) atoms. The Morgan fingerprint density at radius 3 is 2.83 bits per heavy atom. The van der Waals surface area contributed by atoms with Gasteiger partial charge in [0.25, 0.3) is 0 Å². The predicted molar refractivity (Wildman–Crippen MR) is 96.3 cm³/mol. The van der Waals surface area contributed by atoms with Crippen LogP contribution in [0.1, 0.15) is 42.8 Å². The molecule has 3 aliphatic rings. The number of nitrogens with zero attached hydrogens (tertiary/aromatic N) is 2. The van der Waals surface area contributed by atoms with Gasteiger partial charge in [-0.05, 0) is 63.5 Å². The summed E-state index contributed by atoms with van der Waals surface area (Å²) in [6, 6.07) is 0. The van der Waals surface area contributed by atoms with E-state index in [1.807, 2.05) is 0 Å². The molecule has 0 aromatic carbocycles. The number of ether oxygens (including phenoxy) is 2. The summed E-state index contributed by atoms with van der Waals surface area (Å²) in [6.45, 7) is 9.20. The molecule has 2 aliphatic heterocycles. The van der Waals surface area contributed by atoms with E-state index in [0.717, 1.165) is 44.6 Å². The van der Waals surface area contributed by atoms with Gasteiger partial charge < -0.3 is 9.47 Å². The highest BCUT2D eigenvalue weighted by atomic mass is 32.1. The molecule has 0 bridgehead atoms. The zero-order valence-corrected chi connectivity index (χ0v) is 15.7. The molecular formula is C19H30N2O2S. The fourth-order valence-corrected chi connectivity index (χ4v) is 5.06. The molecule has 0 amide bonds. The van der Waals surface area contributed by atoms with Gasteiger partial charge in [0.2, 0.25) is 0 Å². The number of piperidine rings is 1. The standard InChI is InChI=1S/C19H30N2O2S/c1-15-14-24-18(20-15)10-21-7-4-19(5-8-21)6-9-22-12-17(19)13-23-11-16-2-3-16/h14,16-17H,2-13H2,1H3/t17-/m0/s1. The molecule has 1 aliphatic carbocycles. The van der Waals surface area contributed by atoms with Gasteiger partial charge in [-0.25, -0.2) is 4.98 Å². The van der Waals surface area contributed by atoms with Crippen LogP contribution in [0.5, 0.6) is 0 Å². The van der Waals surface area contributed by atoms with Crippen LogP contribution in [0.2, 0.25) is 0 Å². The van der Waals surface area contributed by atoms with Crippen molar-refractivity contribution in [1.29, 1.82) is 0 Å². The summed E-state index contributed by atoms with van der Waals surface area (Å²) < 4.78 is 11.9. The molecule has 134 valence electrons. The molecule has 1 saturated carbocycles. The molecule has 0 N–H and O–H groups in total. The number of aryl methyl sites for hydroxylation is 1. The lowest BCUT2D eigenvalue weighted by atomic mass is 9.66. The van der Waals surface area contributed by atoms with Crippen molar-refractivity contribution >= 4 is 11.3 Å². The Morgan fingerprint density at radius 2 is 2.12 bits per heavy atom. The van der Waals surface area contributed by atoms with E-state index in [9.17, 15) is 0 Å². The predicted octanol–water partition coefficient (Wildman–Crippen LogP) is 3.50. The highest BCUT2D eigenvalue weighted by Crippen LogP contribution is 2.45. The molecular weight excluding hydrogens is 320 g/mol. The number of hydrogen-bond donors (Lipinski definition) is 0. The molecule has 4 rings (SSSR count). The summed E-state index contributed by atoms with van der Waals surface area (Å²) in [5, 5.41) is 3.42. The average molecular weight is 351 g/mol. The highest BCUT2D eigenvalue weighted by Gasteiger charge is 2.43. The molecule has 5 heteroatoms. The van der Waals surface area contributed by atoms with Gasteiger partial charge in [-0.3, -0.25) is 4.90 Å². The van der Waals surface area contributed by atoms with Gasteiger partial charge in [0, 0.05) is 30.2 Å². The lowest BCUT2D eigenvalue weighted by molar-refractivity contribution is -0.101. The van der Waals surface area contributed by atoms with Crippen molar-refractivity contribution < 1.29 is 9.47 Å². The smallest absolute Gasteiger partial charge is 0.107 e. The summed E-state index contributed by atoms with van der Waals surface area (Å²) in [5.41, 5.74) is 1.61. The van der Waals surface area contributed by atoms with Gasteiger partial charge in [-0.1, -0.05) is 0 Å². The monoisotopic (exact) mass is 350 g/mol. The van der Waals surface area contributed by atoms with Crippen molar-refractivity contribution in [2.24, 2.45) is 17.3 Å². The summed E-state index contributed by atoms with van der Waals surface area (Å²) in [7, 11) is 0. The van der Waals surface area contributed by atoms with E-state index in [4.69, 9.17) is 9.47 Å². The zero-order chi connectivity index (χ0) is 16.4. The first-order valence-corrected chi connectivity index (χ1v) is 10.4. The quantitative estimate of drug-likeness (QED) is 0.786. The second-order valence-electron chi connectivity index (χ2n) is 8.02. The molecule has 0 unspecified atom stereocenters. The third-order valence-electron chi connectivity index (χ3n) is 6.18. The molecule has 3 fully saturated rings. The summed E-state index contributed by atoms with van der Waals surface area (Å²) in [4.78, 5) is 7.21. The largest absolute Gasteiger partial charge is 0.381 e. The van der Waals surface area contributed by atoms with Crippen LogP contribution in [0.25, 0.3) is 0 Å². The molecule has 0 radical (unpaired) electrons. The minimum absolute atomic E-state index is 0.455. The van der Waals surface area contributed by atoms with Gasteiger partial charge in [0.15, 0.2) is 0 Å². The first kappa shape index (κ1) is 17.0. The Hall–Kier alpha value is -0.490. The Kier molecular flexibility index (Phi) is 5.23. The van der Waals surface area contributed by atoms with Crippen LogP contribution in [0.15, 0.2) is 5.38 Å². The average Bonchev–Trinajstić information content (AvgIpc) is 3.33. The third-order valence-corrected chi connectivity index (χ3v) is 7.13. The van der Waals surface area contributed by atoms with Crippen molar-refractivity contribution in [2.75, 3.05) is 39.5 Å². The number of rotatable bonds is 6. The van der Waals surface area contributed by atoms with E-state index in [-0.39, 0.29) is 0 Å². The topological polar surface area (TPSA) is 34.6 Å². The molecule has 2 saturated heterocycles. The van der Waals surface area contributed by atoms with E-state index >= 15 is 0 Å². The van der Waals surface area contributed by atoms with E-state index in [0.29, 0.717) is 11.3 Å². The van der Waals surface area contributed by atoms with Gasteiger partial charge >= 0.3 is 0 Å². The van der Waals surface area contributed by atoms with Crippen LogP contribution in [0.3, 0.4) is 0 Å². The zero-order valence-electron chi connectivity index (χ0n) is 14.8. The normalized spacial score (nSPS) is 27.6. The molecule has 1 spiro atoms. The van der Waals surface area contributed by atoms with E-state index < -0.39 is 0 Å². The van der Waals surface area contributed by atoms with Gasteiger partial charge in [-0.2, -0.15) is 0 Å². The maximum absolute atomic E-state index is 6.05. The Morgan fingerprint density at radius 1 is 1.29 bits per heavy atom. The van der Waals surface area contributed by atoms with E-state index in [1.165, 1.54) is 50.2 Å².